The number of nitrogens with zero attached hydrogens (tertiary/aromatic N) is 4. The summed E-state index contributed by atoms with van der Waals surface area (Å²) in [5, 5.41) is 6.81. The van der Waals surface area contributed by atoms with Crippen molar-refractivity contribution in [1.29, 1.82) is 0 Å². The lowest BCUT2D eigenvalue weighted by Gasteiger charge is -2.12. The summed E-state index contributed by atoms with van der Waals surface area (Å²) in [5.41, 5.74) is 11.1. The molecule has 8 heteroatoms. The predicted molar refractivity (Wildman–Crippen MR) is 138 cm³/mol. The highest BCUT2D eigenvalue weighted by Crippen LogP contribution is 2.32. The number of nitrogens with two attached hydrogens (primary N) is 1. The number of rotatable bonds is 9. The molecule has 4 N–H and O–H groups in total. The van der Waals surface area contributed by atoms with E-state index in [1.165, 1.54) is 0 Å². The number of hydrogen-bond acceptors (Lipinski definition) is 5. The Morgan fingerprint density at radius 3 is 2.74 bits per heavy atom. The molecule has 0 unspecified atom stereocenters. The van der Waals surface area contributed by atoms with E-state index in [9.17, 15) is 4.79 Å². The molecule has 0 spiro atoms. The molecular weight excluding hydrogens is 426 g/mol. The van der Waals surface area contributed by atoms with Crippen LogP contribution in [0, 0.1) is 0 Å². The number of nitrogen functional groups attached to an aromatic ring is 1. The van der Waals surface area contributed by atoms with E-state index >= 15 is 0 Å². The zero-order valence-electron chi connectivity index (χ0n) is 20.1. The van der Waals surface area contributed by atoms with Gasteiger partial charge in [-0.25, -0.2) is 14.8 Å². The van der Waals surface area contributed by atoms with Gasteiger partial charge in [0.05, 0.1) is 11.0 Å². The van der Waals surface area contributed by atoms with Crippen molar-refractivity contribution in [3.63, 3.8) is 0 Å². The van der Waals surface area contributed by atoms with Crippen molar-refractivity contribution < 1.29 is 4.79 Å². The number of carbonyl (C=O) groups excluding carboxylic acids is 1. The fraction of sp³-hybridized carbons (Fsp3) is 0.385. The fourth-order valence-corrected chi connectivity index (χ4v) is 4.24. The van der Waals surface area contributed by atoms with Crippen LogP contribution in [0.5, 0.6) is 0 Å². The molecule has 3 aromatic heterocycles. The molecule has 0 radical (unpaired) electrons. The van der Waals surface area contributed by atoms with E-state index < -0.39 is 0 Å². The third-order valence-electron chi connectivity index (χ3n) is 5.77. The predicted octanol–water partition coefficient (Wildman–Crippen LogP) is 4.67. The van der Waals surface area contributed by atoms with Gasteiger partial charge in [-0.1, -0.05) is 25.1 Å². The van der Waals surface area contributed by atoms with Gasteiger partial charge in [0, 0.05) is 48.9 Å². The average Bonchev–Trinajstić information content (AvgIpc) is 3.18. The molecule has 0 fully saturated rings. The van der Waals surface area contributed by atoms with Crippen LogP contribution in [0.3, 0.4) is 0 Å². The van der Waals surface area contributed by atoms with Gasteiger partial charge in [0.15, 0.2) is 5.82 Å². The Kier molecular flexibility index (Phi) is 7.25. The number of aryl methyl sites for hydroxylation is 2. The number of fused-ring (bicyclic) bond motifs is 3. The quantitative estimate of drug-likeness (QED) is 0.315. The lowest BCUT2D eigenvalue weighted by Crippen LogP contribution is -2.39. The van der Waals surface area contributed by atoms with Crippen LogP contribution in [-0.4, -0.2) is 38.1 Å². The van der Waals surface area contributed by atoms with Gasteiger partial charge in [-0.2, -0.15) is 0 Å². The zero-order valence-corrected chi connectivity index (χ0v) is 20.1. The lowest BCUT2D eigenvalue weighted by molar-refractivity contribution is 0.238. The Bertz CT molecular complexity index is 1280. The first-order valence-electron chi connectivity index (χ1n) is 12.0. The molecule has 0 saturated carbocycles. The van der Waals surface area contributed by atoms with Crippen molar-refractivity contribution in [2.45, 2.75) is 59.0 Å². The van der Waals surface area contributed by atoms with E-state index in [2.05, 4.69) is 50.3 Å². The van der Waals surface area contributed by atoms with Crippen molar-refractivity contribution in [2.24, 2.45) is 0 Å². The Morgan fingerprint density at radius 2 is 2.00 bits per heavy atom. The molecule has 0 bridgehead atoms. The molecule has 0 saturated heterocycles. The van der Waals surface area contributed by atoms with Gasteiger partial charge in [0.1, 0.15) is 11.3 Å². The highest BCUT2D eigenvalue weighted by molar-refractivity contribution is 6.07. The highest BCUT2D eigenvalue weighted by Gasteiger charge is 2.17. The number of carbonyl (C=O) groups is 1. The molecule has 0 aliphatic carbocycles. The third-order valence-corrected chi connectivity index (χ3v) is 5.77. The number of hydrogen-bond donors (Lipinski definition) is 3. The van der Waals surface area contributed by atoms with Crippen molar-refractivity contribution in [1.82, 2.24) is 30.2 Å². The number of urea groups is 1. The maximum atomic E-state index is 11.8. The van der Waals surface area contributed by atoms with Gasteiger partial charge in [-0.15, -0.1) is 0 Å². The Morgan fingerprint density at radius 1 is 1.15 bits per heavy atom. The van der Waals surface area contributed by atoms with Gasteiger partial charge in [0.25, 0.3) is 0 Å². The molecule has 3 heterocycles. The number of pyridine rings is 2. The Hall–Kier alpha value is -3.68. The van der Waals surface area contributed by atoms with Crippen molar-refractivity contribution in [2.75, 3.05) is 12.3 Å². The summed E-state index contributed by atoms with van der Waals surface area (Å²) in [6, 6.07) is 10.2. The van der Waals surface area contributed by atoms with Crippen LogP contribution < -0.4 is 16.4 Å². The number of amides is 2. The average molecular weight is 460 g/mol. The molecule has 4 aromatic rings. The maximum absolute atomic E-state index is 11.8. The van der Waals surface area contributed by atoms with Crippen molar-refractivity contribution in [3.05, 3.63) is 48.5 Å². The van der Waals surface area contributed by atoms with E-state index in [-0.39, 0.29) is 12.1 Å². The first-order chi connectivity index (χ1) is 16.5. The summed E-state index contributed by atoms with van der Waals surface area (Å²) in [7, 11) is 0. The van der Waals surface area contributed by atoms with Gasteiger partial charge in [-0.3, -0.25) is 4.98 Å². The van der Waals surface area contributed by atoms with E-state index in [0.717, 1.165) is 71.1 Å². The van der Waals surface area contributed by atoms with Gasteiger partial charge < -0.3 is 20.9 Å². The molecule has 34 heavy (non-hydrogen) atoms. The fourth-order valence-electron chi connectivity index (χ4n) is 4.24. The lowest BCUT2D eigenvalue weighted by atomic mass is 10.0. The normalized spacial score (nSPS) is 11.4. The number of anilines is 1. The second-order valence-corrected chi connectivity index (χ2v) is 8.86. The van der Waals surface area contributed by atoms with Crippen LogP contribution in [0.15, 0.2) is 42.7 Å². The molecule has 0 aliphatic heterocycles. The molecule has 1 aromatic carbocycles. The molecular formula is C26H33N7O. The first kappa shape index (κ1) is 23.5. The van der Waals surface area contributed by atoms with Crippen LogP contribution in [0.25, 0.3) is 33.1 Å². The summed E-state index contributed by atoms with van der Waals surface area (Å²) >= 11 is 0. The van der Waals surface area contributed by atoms with Crippen LogP contribution in [-0.2, 0) is 13.0 Å². The topological polar surface area (TPSA) is 111 Å². The number of unbranched alkanes of at least 4 members (excludes halogenated alkanes) is 1. The summed E-state index contributed by atoms with van der Waals surface area (Å²) in [6.45, 7) is 7.49. The summed E-state index contributed by atoms with van der Waals surface area (Å²) < 4.78 is 2.29. The van der Waals surface area contributed by atoms with Gasteiger partial charge >= 0.3 is 6.03 Å². The minimum atomic E-state index is -0.121. The van der Waals surface area contributed by atoms with Crippen LogP contribution >= 0.6 is 0 Å². The van der Waals surface area contributed by atoms with Crippen molar-refractivity contribution in [3.8, 4) is 11.1 Å². The zero-order chi connectivity index (χ0) is 24.1. The molecule has 8 nitrogen and oxygen atoms in total. The van der Waals surface area contributed by atoms with E-state index in [1.807, 2.05) is 32.2 Å². The minimum absolute atomic E-state index is 0.121. The highest BCUT2D eigenvalue weighted by atomic mass is 16.2. The smallest absolute Gasteiger partial charge is 0.314 e. The SMILES string of the molecule is CCCc1nc2c(N)nc3cc(-c4cccnc4)ccc3c2n1CCCCNC(=O)NC(C)C. The maximum Gasteiger partial charge on any atom is 0.314 e. The Labute approximate surface area is 200 Å². The van der Waals surface area contributed by atoms with Crippen LogP contribution in [0.4, 0.5) is 10.6 Å². The van der Waals surface area contributed by atoms with Crippen molar-refractivity contribution >= 4 is 33.8 Å². The summed E-state index contributed by atoms with van der Waals surface area (Å²) in [5.74, 6) is 1.48. The van der Waals surface area contributed by atoms with Crippen LogP contribution in [0.1, 0.15) is 45.9 Å². The number of imidazole rings is 1. The monoisotopic (exact) mass is 459 g/mol. The minimum Gasteiger partial charge on any atom is -0.382 e. The molecule has 0 atom stereocenters. The van der Waals surface area contributed by atoms with E-state index in [4.69, 9.17) is 10.7 Å². The van der Waals surface area contributed by atoms with E-state index in [1.54, 1.807) is 6.20 Å². The molecule has 0 aliphatic rings. The molecule has 4 rings (SSSR count). The van der Waals surface area contributed by atoms with Gasteiger partial charge in [-0.05, 0) is 50.8 Å². The number of nitrogens with one attached hydrogen (secondary N) is 2. The summed E-state index contributed by atoms with van der Waals surface area (Å²) in [6.07, 6.45) is 7.28. The third kappa shape index (κ3) is 5.11. The number of aromatic nitrogens is 4. The first-order valence-corrected chi connectivity index (χ1v) is 12.0. The Balaban J connectivity index is 1.63. The number of benzene rings is 1. The van der Waals surface area contributed by atoms with Crippen LogP contribution in [0.2, 0.25) is 0 Å². The molecule has 178 valence electrons. The summed E-state index contributed by atoms with van der Waals surface area (Å²) in [4.78, 5) is 25.6. The molecule has 2 amide bonds. The standard InChI is InChI=1S/C26H33N7O/c1-4-8-22-32-23-24(33(22)14-6-5-13-29-26(34)30-17(2)3)20-11-10-18(15-21(20)31-25(23)27)19-9-7-12-28-16-19/h7,9-12,15-17H,4-6,8,13-14H2,1-3H3,(H2,27,31)(H2,29,30,34). The van der Waals surface area contributed by atoms with Gasteiger partial charge in [0.2, 0.25) is 0 Å². The van der Waals surface area contributed by atoms with E-state index in [0.29, 0.717) is 12.4 Å². The second-order valence-electron chi connectivity index (χ2n) is 8.86. The largest absolute Gasteiger partial charge is 0.382 e. The second kappa shape index (κ2) is 10.5.